The summed E-state index contributed by atoms with van der Waals surface area (Å²) >= 11 is 0. The van der Waals surface area contributed by atoms with Crippen molar-refractivity contribution in [2.24, 2.45) is 0 Å². The van der Waals surface area contributed by atoms with E-state index in [1.165, 1.54) is 25.1 Å². The standard InChI is InChI=1S/C23H28N2O6/c1-15-6-5-7-16(2)23(15)24-20(27)13-25(3)21(28)14-31-22(29)11-9-17-8-10-19(30-4)18(26)12-17/h5-8,10,12,26H,9,11,13-14H2,1-4H3,(H,24,27). The number of nitrogens with zero attached hydrogens (tertiary/aromatic N) is 1. The van der Waals surface area contributed by atoms with Crippen molar-refractivity contribution in [3.05, 3.63) is 53.1 Å². The van der Waals surface area contributed by atoms with Gasteiger partial charge in [0, 0.05) is 19.2 Å². The van der Waals surface area contributed by atoms with Crippen molar-refractivity contribution in [1.82, 2.24) is 4.90 Å². The summed E-state index contributed by atoms with van der Waals surface area (Å²) in [5, 5.41) is 12.6. The Hall–Kier alpha value is -3.55. The molecule has 0 aliphatic heterocycles. The number of amides is 2. The van der Waals surface area contributed by atoms with Gasteiger partial charge in [-0.1, -0.05) is 24.3 Å². The summed E-state index contributed by atoms with van der Waals surface area (Å²) in [4.78, 5) is 37.6. The number of ether oxygens (including phenoxy) is 2. The predicted octanol–water partition coefficient (Wildman–Crippen LogP) is 2.59. The number of anilines is 1. The van der Waals surface area contributed by atoms with Gasteiger partial charge in [0.25, 0.3) is 5.91 Å². The number of esters is 1. The molecule has 8 heteroatoms. The number of carbonyl (C=O) groups excluding carboxylic acids is 3. The first-order valence-corrected chi connectivity index (χ1v) is 9.82. The van der Waals surface area contributed by atoms with Crippen LogP contribution in [0.5, 0.6) is 11.5 Å². The zero-order chi connectivity index (χ0) is 23.0. The number of phenolic OH excluding ortho intramolecular Hbond substituents is 1. The van der Waals surface area contributed by atoms with Crippen LogP contribution in [0.25, 0.3) is 0 Å². The lowest BCUT2D eigenvalue weighted by Gasteiger charge is -2.18. The number of likely N-dealkylation sites (N-methyl/N-ethyl adjacent to an activating group) is 1. The molecule has 0 atom stereocenters. The van der Waals surface area contributed by atoms with Crippen molar-refractivity contribution in [2.45, 2.75) is 26.7 Å². The Labute approximate surface area is 181 Å². The predicted molar refractivity (Wildman–Crippen MR) is 116 cm³/mol. The van der Waals surface area contributed by atoms with E-state index in [4.69, 9.17) is 9.47 Å². The number of rotatable bonds is 9. The third-order valence-electron chi connectivity index (χ3n) is 4.77. The molecular weight excluding hydrogens is 400 g/mol. The summed E-state index contributed by atoms with van der Waals surface area (Å²) < 4.78 is 9.98. The summed E-state index contributed by atoms with van der Waals surface area (Å²) in [6, 6.07) is 10.5. The molecule has 0 spiro atoms. The fourth-order valence-corrected chi connectivity index (χ4v) is 2.96. The van der Waals surface area contributed by atoms with Crippen molar-refractivity contribution in [2.75, 3.05) is 32.6 Å². The summed E-state index contributed by atoms with van der Waals surface area (Å²) in [5.74, 6) is -1.02. The zero-order valence-corrected chi connectivity index (χ0v) is 18.2. The molecule has 166 valence electrons. The van der Waals surface area contributed by atoms with Gasteiger partial charge in [0.2, 0.25) is 5.91 Å². The molecule has 0 unspecified atom stereocenters. The van der Waals surface area contributed by atoms with Crippen LogP contribution in [0.3, 0.4) is 0 Å². The Morgan fingerprint density at radius 2 is 1.77 bits per heavy atom. The van der Waals surface area contributed by atoms with E-state index in [9.17, 15) is 19.5 Å². The minimum Gasteiger partial charge on any atom is -0.504 e. The van der Waals surface area contributed by atoms with Crippen LogP contribution in [0.15, 0.2) is 36.4 Å². The minimum absolute atomic E-state index is 0.00987. The average molecular weight is 428 g/mol. The summed E-state index contributed by atoms with van der Waals surface area (Å²) in [6.45, 7) is 3.18. The smallest absolute Gasteiger partial charge is 0.306 e. The fourth-order valence-electron chi connectivity index (χ4n) is 2.96. The Morgan fingerprint density at radius 1 is 1.10 bits per heavy atom. The first-order valence-electron chi connectivity index (χ1n) is 9.82. The largest absolute Gasteiger partial charge is 0.504 e. The van der Waals surface area contributed by atoms with Crippen molar-refractivity contribution < 1.29 is 29.0 Å². The molecule has 0 aliphatic carbocycles. The number of aromatic hydroxyl groups is 1. The summed E-state index contributed by atoms with van der Waals surface area (Å²) in [7, 11) is 2.92. The minimum atomic E-state index is -0.544. The lowest BCUT2D eigenvalue weighted by Crippen LogP contribution is -2.37. The van der Waals surface area contributed by atoms with E-state index >= 15 is 0 Å². The number of methoxy groups -OCH3 is 1. The molecule has 2 rings (SSSR count). The van der Waals surface area contributed by atoms with Crippen LogP contribution in [0.1, 0.15) is 23.1 Å². The highest BCUT2D eigenvalue weighted by Crippen LogP contribution is 2.26. The number of aryl methyl sites for hydroxylation is 3. The maximum atomic E-state index is 12.3. The third-order valence-corrected chi connectivity index (χ3v) is 4.77. The highest BCUT2D eigenvalue weighted by molar-refractivity contribution is 5.96. The number of hydrogen-bond donors (Lipinski definition) is 2. The molecule has 2 aromatic carbocycles. The van der Waals surface area contributed by atoms with Gasteiger partial charge in [0.15, 0.2) is 18.1 Å². The topological polar surface area (TPSA) is 105 Å². The SMILES string of the molecule is COc1ccc(CCC(=O)OCC(=O)N(C)CC(=O)Nc2c(C)cccc2C)cc1O. The summed E-state index contributed by atoms with van der Waals surface area (Å²) in [6.07, 6.45) is 0.397. The molecule has 0 radical (unpaired) electrons. The van der Waals surface area contributed by atoms with Gasteiger partial charge in [-0.2, -0.15) is 0 Å². The number of phenols is 1. The molecule has 0 aromatic heterocycles. The first kappa shape index (κ1) is 23.7. The van der Waals surface area contributed by atoms with Crippen molar-refractivity contribution in [3.8, 4) is 11.5 Å². The normalized spacial score (nSPS) is 10.3. The Kier molecular flexibility index (Phi) is 8.43. The van der Waals surface area contributed by atoms with Crippen LogP contribution < -0.4 is 10.1 Å². The van der Waals surface area contributed by atoms with Crippen molar-refractivity contribution in [3.63, 3.8) is 0 Å². The van der Waals surface area contributed by atoms with E-state index in [0.29, 0.717) is 12.2 Å². The van der Waals surface area contributed by atoms with E-state index in [1.807, 2.05) is 32.0 Å². The molecule has 0 saturated carbocycles. The van der Waals surface area contributed by atoms with E-state index in [2.05, 4.69) is 5.32 Å². The first-order chi connectivity index (χ1) is 14.7. The molecule has 8 nitrogen and oxygen atoms in total. The Balaban J connectivity index is 1.76. The number of benzene rings is 2. The van der Waals surface area contributed by atoms with E-state index in [0.717, 1.165) is 22.4 Å². The lowest BCUT2D eigenvalue weighted by atomic mass is 10.1. The Bertz CT molecular complexity index is 937. The number of para-hydroxylation sites is 1. The summed E-state index contributed by atoms with van der Waals surface area (Å²) in [5.41, 5.74) is 3.33. The van der Waals surface area contributed by atoms with Crippen LogP contribution in [0, 0.1) is 13.8 Å². The van der Waals surface area contributed by atoms with Gasteiger partial charge in [-0.25, -0.2) is 0 Å². The highest BCUT2D eigenvalue weighted by Gasteiger charge is 2.16. The maximum Gasteiger partial charge on any atom is 0.306 e. The van der Waals surface area contributed by atoms with Crippen molar-refractivity contribution in [1.29, 1.82) is 0 Å². The second-order valence-electron chi connectivity index (χ2n) is 7.23. The van der Waals surface area contributed by atoms with Gasteiger partial charge in [0.05, 0.1) is 13.7 Å². The molecule has 2 aromatic rings. The molecule has 0 bridgehead atoms. The molecule has 2 N–H and O–H groups in total. The lowest BCUT2D eigenvalue weighted by molar-refractivity contribution is -0.151. The molecule has 0 aliphatic rings. The zero-order valence-electron chi connectivity index (χ0n) is 18.2. The number of carbonyl (C=O) groups is 3. The molecule has 0 saturated heterocycles. The number of hydrogen-bond acceptors (Lipinski definition) is 6. The van der Waals surface area contributed by atoms with Gasteiger partial charge in [-0.15, -0.1) is 0 Å². The second kappa shape index (κ2) is 11.0. The highest BCUT2D eigenvalue weighted by atomic mass is 16.5. The molecular formula is C23H28N2O6. The van der Waals surface area contributed by atoms with Gasteiger partial charge in [-0.05, 0) is 49.1 Å². The van der Waals surface area contributed by atoms with Crippen LogP contribution in [-0.2, 0) is 25.5 Å². The van der Waals surface area contributed by atoms with Crippen LogP contribution in [0.2, 0.25) is 0 Å². The van der Waals surface area contributed by atoms with Gasteiger partial charge in [0.1, 0.15) is 0 Å². The number of nitrogens with one attached hydrogen (secondary N) is 1. The maximum absolute atomic E-state index is 12.3. The molecule has 0 heterocycles. The third kappa shape index (κ3) is 7.02. The quantitative estimate of drug-likeness (QED) is 0.595. The average Bonchev–Trinajstić information content (AvgIpc) is 2.73. The molecule has 0 fully saturated rings. The van der Waals surface area contributed by atoms with Crippen LogP contribution >= 0.6 is 0 Å². The Morgan fingerprint density at radius 3 is 2.39 bits per heavy atom. The van der Waals surface area contributed by atoms with E-state index in [1.54, 1.807) is 12.1 Å². The fraction of sp³-hybridized carbons (Fsp3) is 0.348. The van der Waals surface area contributed by atoms with Crippen molar-refractivity contribution >= 4 is 23.5 Å². The van der Waals surface area contributed by atoms with E-state index < -0.39 is 18.5 Å². The van der Waals surface area contributed by atoms with Gasteiger partial charge < -0.3 is 24.8 Å². The molecule has 31 heavy (non-hydrogen) atoms. The van der Waals surface area contributed by atoms with E-state index in [-0.39, 0.29) is 24.6 Å². The van der Waals surface area contributed by atoms with Gasteiger partial charge >= 0.3 is 5.97 Å². The van der Waals surface area contributed by atoms with Crippen LogP contribution in [0.4, 0.5) is 5.69 Å². The second-order valence-corrected chi connectivity index (χ2v) is 7.23. The molecule has 2 amide bonds. The monoisotopic (exact) mass is 428 g/mol. The van der Waals surface area contributed by atoms with Crippen LogP contribution in [-0.4, -0.2) is 55.1 Å². The van der Waals surface area contributed by atoms with Gasteiger partial charge in [-0.3, -0.25) is 14.4 Å².